The van der Waals surface area contributed by atoms with E-state index >= 15 is 0 Å². The normalized spacial score (nSPS) is 15.6. The summed E-state index contributed by atoms with van der Waals surface area (Å²) in [5.41, 5.74) is 5.31. The number of rotatable bonds is 8. The predicted octanol–water partition coefficient (Wildman–Crippen LogP) is 6.53. The SMILES string of the molecule is COC(=O)c1cc(-c2ccccc2COC2CCOCC2)cc2ccc(C(C)CC(C)C)nc12. The molecule has 5 nitrogen and oxygen atoms in total. The molecule has 1 fully saturated rings. The maximum absolute atomic E-state index is 12.8. The third-order valence-corrected chi connectivity index (χ3v) is 6.52. The quantitative estimate of drug-likeness (QED) is 0.357. The number of carbonyl (C=O) groups excluding carboxylic acids is 1. The minimum absolute atomic E-state index is 0.222. The molecule has 1 atom stereocenters. The summed E-state index contributed by atoms with van der Waals surface area (Å²) in [6.45, 7) is 8.65. The molecule has 0 N–H and O–H groups in total. The number of ether oxygens (including phenoxy) is 3. The Kier molecular flexibility index (Phi) is 7.96. The van der Waals surface area contributed by atoms with Gasteiger partial charge in [0.05, 0.1) is 30.9 Å². The fourth-order valence-electron chi connectivity index (χ4n) is 4.75. The first-order chi connectivity index (χ1) is 16.5. The van der Waals surface area contributed by atoms with Gasteiger partial charge in [-0.3, -0.25) is 4.98 Å². The van der Waals surface area contributed by atoms with Crippen LogP contribution in [0.2, 0.25) is 0 Å². The smallest absolute Gasteiger partial charge is 0.340 e. The van der Waals surface area contributed by atoms with Crippen LogP contribution in [-0.2, 0) is 20.8 Å². The first-order valence-electron chi connectivity index (χ1n) is 12.3. The molecule has 0 radical (unpaired) electrons. The third-order valence-electron chi connectivity index (χ3n) is 6.52. The first kappa shape index (κ1) is 24.4. The zero-order chi connectivity index (χ0) is 24.1. The molecule has 0 amide bonds. The number of hydrogen-bond donors (Lipinski definition) is 0. The van der Waals surface area contributed by atoms with E-state index in [4.69, 9.17) is 19.2 Å². The molecule has 34 heavy (non-hydrogen) atoms. The van der Waals surface area contributed by atoms with Crippen molar-refractivity contribution in [2.45, 2.75) is 58.7 Å². The molecule has 4 rings (SSSR count). The van der Waals surface area contributed by atoms with Crippen molar-refractivity contribution in [2.24, 2.45) is 5.92 Å². The standard InChI is InChI=1S/C29H35NO4/c1-19(2)15-20(3)27-10-9-21-16-23(17-26(28(21)30-27)29(31)32-4)25-8-6-5-7-22(25)18-34-24-11-13-33-14-12-24/h5-10,16-17,19-20,24H,11-15,18H2,1-4H3. The van der Waals surface area contributed by atoms with Crippen molar-refractivity contribution in [3.05, 3.63) is 65.4 Å². The van der Waals surface area contributed by atoms with Crippen LogP contribution in [0.3, 0.4) is 0 Å². The van der Waals surface area contributed by atoms with Gasteiger partial charge in [0.15, 0.2) is 0 Å². The lowest BCUT2D eigenvalue weighted by molar-refractivity contribution is -0.0389. The number of aromatic nitrogens is 1. The summed E-state index contributed by atoms with van der Waals surface area (Å²) in [5, 5.41) is 0.929. The molecule has 1 aromatic heterocycles. The van der Waals surface area contributed by atoms with Gasteiger partial charge in [-0.1, -0.05) is 51.1 Å². The fraction of sp³-hybridized carbons (Fsp3) is 0.448. The monoisotopic (exact) mass is 461 g/mol. The van der Waals surface area contributed by atoms with Gasteiger partial charge in [0, 0.05) is 24.3 Å². The van der Waals surface area contributed by atoms with Crippen LogP contribution in [0.4, 0.5) is 0 Å². The molecule has 2 heterocycles. The number of methoxy groups -OCH3 is 1. The van der Waals surface area contributed by atoms with E-state index in [1.165, 1.54) is 7.11 Å². The lowest BCUT2D eigenvalue weighted by Gasteiger charge is -2.23. The number of fused-ring (bicyclic) bond motifs is 1. The summed E-state index contributed by atoms with van der Waals surface area (Å²) in [7, 11) is 1.42. The van der Waals surface area contributed by atoms with E-state index in [0.717, 1.165) is 60.2 Å². The molecule has 1 saturated heterocycles. The van der Waals surface area contributed by atoms with Crippen molar-refractivity contribution in [1.82, 2.24) is 4.98 Å². The third kappa shape index (κ3) is 5.65. The van der Waals surface area contributed by atoms with Gasteiger partial charge in [0.25, 0.3) is 0 Å². The largest absolute Gasteiger partial charge is 0.465 e. The summed E-state index contributed by atoms with van der Waals surface area (Å²) >= 11 is 0. The molecule has 180 valence electrons. The fourth-order valence-corrected chi connectivity index (χ4v) is 4.75. The molecular formula is C29H35NO4. The molecule has 0 saturated carbocycles. The lowest BCUT2D eigenvalue weighted by atomic mass is 9.93. The maximum Gasteiger partial charge on any atom is 0.340 e. The maximum atomic E-state index is 12.8. The highest BCUT2D eigenvalue weighted by molar-refractivity contribution is 6.05. The molecule has 5 heteroatoms. The molecular weight excluding hydrogens is 426 g/mol. The van der Waals surface area contributed by atoms with Gasteiger partial charge in [-0.15, -0.1) is 0 Å². The number of benzene rings is 2. The van der Waals surface area contributed by atoms with Gasteiger partial charge in [-0.25, -0.2) is 4.79 Å². The second kappa shape index (κ2) is 11.1. The van der Waals surface area contributed by atoms with Crippen LogP contribution in [-0.4, -0.2) is 37.4 Å². The molecule has 1 aliphatic rings. The summed E-state index contributed by atoms with van der Waals surface area (Å²) in [6, 6.07) is 16.4. The Labute approximate surface area is 202 Å². The Morgan fingerprint density at radius 3 is 2.59 bits per heavy atom. The van der Waals surface area contributed by atoms with Gasteiger partial charge in [-0.2, -0.15) is 0 Å². The Hall–Kier alpha value is -2.76. The Morgan fingerprint density at radius 2 is 1.85 bits per heavy atom. The number of carbonyl (C=O) groups is 1. The van der Waals surface area contributed by atoms with Crippen molar-refractivity contribution < 1.29 is 19.0 Å². The van der Waals surface area contributed by atoms with E-state index in [-0.39, 0.29) is 12.1 Å². The number of esters is 1. The zero-order valence-corrected chi connectivity index (χ0v) is 20.7. The van der Waals surface area contributed by atoms with Crippen molar-refractivity contribution in [3.8, 4) is 11.1 Å². The summed E-state index contributed by atoms with van der Waals surface area (Å²) in [5.74, 6) is 0.524. The van der Waals surface area contributed by atoms with Crippen LogP contribution < -0.4 is 0 Å². The van der Waals surface area contributed by atoms with E-state index in [1.807, 2.05) is 18.2 Å². The van der Waals surface area contributed by atoms with Crippen LogP contribution in [0.1, 0.15) is 67.6 Å². The van der Waals surface area contributed by atoms with Crippen molar-refractivity contribution in [3.63, 3.8) is 0 Å². The molecule has 1 unspecified atom stereocenters. The Bertz CT molecular complexity index is 1130. The summed E-state index contributed by atoms with van der Waals surface area (Å²) in [4.78, 5) is 17.7. The van der Waals surface area contributed by atoms with Crippen LogP contribution >= 0.6 is 0 Å². The first-order valence-corrected chi connectivity index (χ1v) is 12.3. The van der Waals surface area contributed by atoms with Crippen molar-refractivity contribution in [2.75, 3.05) is 20.3 Å². The van der Waals surface area contributed by atoms with Crippen molar-refractivity contribution in [1.29, 1.82) is 0 Å². The lowest BCUT2D eigenvalue weighted by Crippen LogP contribution is -2.23. The second-order valence-electron chi connectivity index (χ2n) is 9.63. The summed E-state index contributed by atoms with van der Waals surface area (Å²) < 4.78 is 16.8. The van der Waals surface area contributed by atoms with Gasteiger partial charge in [0.2, 0.25) is 0 Å². The van der Waals surface area contributed by atoms with Crippen LogP contribution in [0, 0.1) is 5.92 Å². The highest BCUT2D eigenvalue weighted by atomic mass is 16.5. The van der Waals surface area contributed by atoms with Crippen molar-refractivity contribution >= 4 is 16.9 Å². The number of nitrogens with zero attached hydrogens (tertiary/aromatic N) is 1. The van der Waals surface area contributed by atoms with E-state index in [9.17, 15) is 4.79 Å². The topological polar surface area (TPSA) is 57.7 Å². The average molecular weight is 462 g/mol. The summed E-state index contributed by atoms with van der Waals surface area (Å²) in [6.07, 6.45) is 3.12. The molecule has 0 spiro atoms. The Balaban J connectivity index is 1.71. The minimum Gasteiger partial charge on any atom is -0.465 e. The molecule has 0 bridgehead atoms. The molecule has 3 aromatic rings. The van der Waals surface area contributed by atoms with Gasteiger partial charge in [0.1, 0.15) is 0 Å². The van der Waals surface area contributed by atoms with E-state index < -0.39 is 0 Å². The minimum atomic E-state index is -0.371. The average Bonchev–Trinajstić information content (AvgIpc) is 2.86. The van der Waals surface area contributed by atoms with Gasteiger partial charge in [-0.05, 0) is 66.0 Å². The van der Waals surface area contributed by atoms with Crippen LogP contribution in [0.5, 0.6) is 0 Å². The van der Waals surface area contributed by atoms with Crippen LogP contribution in [0.25, 0.3) is 22.0 Å². The zero-order valence-electron chi connectivity index (χ0n) is 20.7. The molecule has 2 aromatic carbocycles. The van der Waals surface area contributed by atoms with E-state index in [0.29, 0.717) is 29.5 Å². The highest BCUT2D eigenvalue weighted by Gasteiger charge is 2.19. The number of hydrogen-bond acceptors (Lipinski definition) is 5. The van der Waals surface area contributed by atoms with Crippen LogP contribution in [0.15, 0.2) is 48.5 Å². The second-order valence-corrected chi connectivity index (χ2v) is 9.63. The van der Waals surface area contributed by atoms with Gasteiger partial charge >= 0.3 is 5.97 Å². The molecule has 0 aliphatic carbocycles. The van der Waals surface area contributed by atoms with Gasteiger partial charge < -0.3 is 14.2 Å². The van der Waals surface area contributed by atoms with E-state index in [2.05, 4.69) is 51.1 Å². The molecule has 1 aliphatic heterocycles. The highest BCUT2D eigenvalue weighted by Crippen LogP contribution is 2.32. The van der Waals surface area contributed by atoms with E-state index in [1.54, 1.807) is 0 Å². The Morgan fingerprint density at radius 1 is 1.09 bits per heavy atom. The predicted molar refractivity (Wildman–Crippen MR) is 135 cm³/mol. The number of pyridine rings is 1.